The van der Waals surface area contributed by atoms with E-state index in [9.17, 15) is 19.5 Å². The number of phenolic OH excluding ortho intramolecular Hbond substituents is 1. The zero-order valence-corrected chi connectivity index (χ0v) is 16.5. The van der Waals surface area contributed by atoms with Crippen LogP contribution in [0.15, 0.2) is 6.07 Å². The Labute approximate surface area is 170 Å². The number of methoxy groups -OCH3 is 1. The minimum absolute atomic E-state index is 0.0373. The highest BCUT2D eigenvalue weighted by Gasteiger charge is 2.63. The van der Waals surface area contributed by atoms with Gasteiger partial charge in [0.2, 0.25) is 17.7 Å². The number of urea groups is 1. The lowest BCUT2D eigenvalue weighted by Gasteiger charge is -2.55. The van der Waals surface area contributed by atoms with Crippen molar-refractivity contribution >= 4 is 29.4 Å². The summed E-state index contributed by atoms with van der Waals surface area (Å²) in [6.07, 6.45) is -1.27. The van der Waals surface area contributed by atoms with E-state index in [2.05, 4.69) is 10.6 Å². The van der Waals surface area contributed by atoms with Crippen LogP contribution in [0, 0.1) is 16.6 Å². The van der Waals surface area contributed by atoms with Crippen LogP contribution in [-0.2, 0) is 25.5 Å². The van der Waals surface area contributed by atoms with E-state index < -0.39 is 52.9 Å². The predicted molar refractivity (Wildman–Crippen MR) is 101 cm³/mol. The minimum Gasteiger partial charge on any atom is -0.504 e. The lowest BCUT2D eigenvalue weighted by atomic mass is 9.66. The number of nitrogens with one attached hydrogen (secondary N) is 3. The second kappa shape index (κ2) is 6.66. The number of hydrogen-bond donors (Lipinski definition) is 4. The van der Waals surface area contributed by atoms with Crippen LogP contribution < -0.4 is 15.5 Å². The van der Waals surface area contributed by atoms with Gasteiger partial charge in [-0.2, -0.15) is 0 Å². The van der Waals surface area contributed by atoms with Crippen LogP contribution in [0.3, 0.4) is 0 Å². The summed E-state index contributed by atoms with van der Waals surface area (Å²) in [5, 5.41) is 22.5. The molecule has 3 aliphatic rings. The molecule has 0 bridgehead atoms. The van der Waals surface area contributed by atoms with E-state index in [-0.39, 0.29) is 35.9 Å². The summed E-state index contributed by atoms with van der Waals surface area (Å²) in [5.74, 6) is -3.81. The number of rotatable bonds is 1. The van der Waals surface area contributed by atoms with Gasteiger partial charge in [0.1, 0.15) is 0 Å². The molecule has 3 atom stereocenters. The molecular formula is C19H21FN4O6. The summed E-state index contributed by atoms with van der Waals surface area (Å²) in [6.45, 7) is 3.59. The Morgan fingerprint density at radius 2 is 1.97 bits per heavy atom. The van der Waals surface area contributed by atoms with Gasteiger partial charge in [0.05, 0.1) is 36.6 Å². The van der Waals surface area contributed by atoms with Gasteiger partial charge in [0.15, 0.2) is 17.0 Å². The van der Waals surface area contributed by atoms with Crippen molar-refractivity contribution in [3.8, 4) is 5.75 Å². The average Bonchev–Trinajstić information content (AvgIpc) is 2.67. The smallest absolute Gasteiger partial charge is 0.328 e. The number of imide groups is 2. The Morgan fingerprint density at radius 3 is 2.57 bits per heavy atom. The van der Waals surface area contributed by atoms with E-state index in [1.54, 1.807) is 18.7 Å². The van der Waals surface area contributed by atoms with E-state index in [0.717, 1.165) is 0 Å². The van der Waals surface area contributed by atoms with Crippen molar-refractivity contribution in [2.45, 2.75) is 38.5 Å². The molecule has 10 nitrogen and oxygen atoms in total. The van der Waals surface area contributed by atoms with Crippen LogP contribution >= 0.6 is 0 Å². The van der Waals surface area contributed by atoms with Gasteiger partial charge in [-0.05, 0) is 25.5 Å². The van der Waals surface area contributed by atoms with E-state index in [1.165, 1.54) is 13.2 Å². The number of aromatic hydroxyl groups is 1. The van der Waals surface area contributed by atoms with Gasteiger partial charge in [-0.25, -0.2) is 9.18 Å². The number of amides is 4. The summed E-state index contributed by atoms with van der Waals surface area (Å²) in [7, 11) is 1.20. The van der Waals surface area contributed by atoms with Crippen LogP contribution in [0.2, 0.25) is 0 Å². The van der Waals surface area contributed by atoms with Crippen molar-refractivity contribution in [1.82, 2.24) is 10.6 Å². The summed E-state index contributed by atoms with van der Waals surface area (Å²) in [4.78, 5) is 39.3. The number of hydrogen-bond acceptors (Lipinski definition) is 8. The summed E-state index contributed by atoms with van der Waals surface area (Å²) in [6, 6.07) is -0.514. The first-order valence-electron chi connectivity index (χ1n) is 9.38. The molecule has 0 aliphatic carbocycles. The van der Waals surface area contributed by atoms with Gasteiger partial charge in [0.25, 0.3) is 0 Å². The molecule has 3 aliphatic heterocycles. The normalized spacial score (nSPS) is 27.1. The van der Waals surface area contributed by atoms with Crippen LogP contribution in [0.25, 0.3) is 0 Å². The molecule has 1 aromatic rings. The van der Waals surface area contributed by atoms with Crippen molar-refractivity contribution in [2.75, 3.05) is 18.6 Å². The fraction of sp³-hybridized carbons (Fsp3) is 0.474. The van der Waals surface area contributed by atoms with Crippen LogP contribution in [0.5, 0.6) is 5.75 Å². The maximum atomic E-state index is 15.3. The fourth-order valence-electron chi connectivity index (χ4n) is 4.83. The second-order valence-electron chi connectivity index (χ2n) is 7.76. The van der Waals surface area contributed by atoms with E-state index in [1.807, 2.05) is 0 Å². The number of fused-ring (bicyclic) bond motifs is 4. The number of phenols is 1. The van der Waals surface area contributed by atoms with Gasteiger partial charge in [-0.15, -0.1) is 0 Å². The number of morpholine rings is 1. The van der Waals surface area contributed by atoms with Crippen molar-refractivity contribution in [2.24, 2.45) is 5.41 Å². The monoisotopic (exact) mass is 420 g/mol. The molecule has 4 N–H and O–H groups in total. The number of carbonyl (C=O) groups is 3. The Hall–Kier alpha value is -3.21. The van der Waals surface area contributed by atoms with Crippen LogP contribution in [0.4, 0.5) is 14.9 Å². The maximum absolute atomic E-state index is 15.3. The van der Waals surface area contributed by atoms with Gasteiger partial charge in [0, 0.05) is 13.0 Å². The molecule has 2 saturated heterocycles. The fourth-order valence-corrected chi connectivity index (χ4v) is 4.83. The molecule has 1 aromatic carbocycles. The van der Waals surface area contributed by atoms with E-state index in [0.29, 0.717) is 0 Å². The molecule has 3 heterocycles. The molecule has 160 valence electrons. The Bertz CT molecular complexity index is 976. The lowest BCUT2D eigenvalue weighted by Crippen LogP contribution is -2.75. The Balaban J connectivity index is 1.98. The largest absolute Gasteiger partial charge is 0.504 e. The number of nitrogens with zero attached hydrogens (tertiary/aromatic N) is 1. The molecule has 4 amide bonds. The molecule has 0 radical (unpaired) electrons. The highest BCUT2D eigenvalue weighted by molar-refractivity contribution is 6.20. The van der Waals surface area contributed by atoms with E-state index in [4.69, 9.17) is 14.9 Å². The quantitative estimate of drug-likeness (QED) is 0.293. The zero-order valence-electron chi connectivity index (χ0n) is 16.5. The zero-order chi connectivity index (χ0) is 22.0. The molecular weight excluding hydrogens is 399 g/mol. The van der Waals surface area contributed by atoms with Crippen LogP contribution in [0.1, 0.15) is 25.0 Å². The third-order valence-electron chi connectivity index (χ3n) is 5.95. The number of benzene rings is 1. The topological polar surface area (TPSA) is 141 Å². The number of barbiturate groups is 1. The van der Waals surface area contributed by atoms with Gasteiger partial charge in [-0.3, -0.25) is 25.6 Å². The third-order valence-corrected chi connectivity index (χ3v) is 5.95. The Kier molecular flexibility index (Phi) is 4.46. The second-order valence-corrected chi connectivity index (χ2v) is 7.76. The van der Waals surface area contributed by atoms with Crippen molar-refractivity contribution < 1.29 is 33.4 Å². The first-order chi connectivity index (χ1) is 14.1. The van der Waals surface area contributed by atoms with Gasteiger partial charge in [-0.1, -0.05) is 0 Å². The molecule has 0 saturated carbocycles. The summed E-state index contributed by atoms with van der Waals surface area (Å²) < 4.78 is 26.0. The van der Waals surface area contributed by atoms with Crippen molar-refractivity contribution in [1.29, 1.82) is 5.41 Å². The standard InChI is InChI=1S/C19H21FN4O6/c1-7-6-24-12-9(4-10(15(21)29-3)13(25)11(12)20)5-19(14(24)8(2)30-7)16(26)22-18(28)23-17(19)27/h4,7-8,14,21,25H,5-6H2,1-3H3,(H2,22,23,26,27,28)/t7-,8+,14-/m1/s1. The lowest BCUT2D eigenvalue weighted by molar-refractivity contribution is -0.153. The number of carbonyl (C=O) groups excluding carboxylic acids is 3. The Morgan fingerprint density at radius 1 is 1.33 bits per heavy atom. The van der Waals surface area contributed by atoms with Crippen molar-refractivity contribution in [3.05, 3.63) is 23.0 Å². The summed E-state index contributed by atoms with van der Waals surface area (Å²) >= 11 is 0. The molecule has 1 spiro atoms. The molecule has 11 heteroatoms. The van der Waals surface area contributed by atoms with Crippen LogP contribution in [-0.4, -0.2) is 60.8 Å². The minimum atomic E-state index is -1.77. The summed E-state index contributed by atoms with van der Waals surface area (Å²) in [5.41, 5.74) is -1.70. The number of halogens is 1. The molecule has 2 fully saturated rings. The first kappa shape index (κ1) is 20.1. The van der Waals surface area contributed by atoms with Crippen molar-refractivity contribution in [3.63, 3.8) is 0 Å². The first-order valence-corrected chi connectivity index (χ1v) is 9.38. The molecule has 4 rings (SSSR count). The third kappa shape index (κ3) is 2.58. The number of anilines is 1. The molecule has 0 aromatic heterocycles. The predicted octanol–water partition coefficient (Wildman–Crippen LogP) is 0.394. The number of ether oxygens (including phenoxy) is 2. The van der Waals surface area contributed by atoms with Gasteiger partial charge >= 0.3 is 6.03 Å². The van der Waals surface area contributed by atoms with Gasteiger partial charge < -0.3 is 19.5 Å². The molecule has 30 heavy (non-hydrogen) atoms. The maximum Gasteiger partial charge on any atom is 0.328 e. The van der Waals surface area contributed by atoms with E-state index >= 15 is 4.39 Å². The highest BCUT2D eigenvalue weighted by atomic mass is 19.1. The average molecular weight is 420 g/mol. The highest BCUT2D eigenvalue weighted by Crippen LogP contribution is 2.49. The molecule has 0 unspecified atom stereocenters. The SMILES string of the molecule is COC(=N)c1cc2c(c(F)c1O)N1C[C@@H](C)O[C@@H](C)[C@@H]1C1(C2)C(=O)NC(=O)NC1=O.